The molecule has 0 aliphatic rings. The molecule has 0 aromatic heterocycles. The van der Waals surface area contributed by atoms with Gasteiger partial charge in [0, 0.05) is 23.9 Å². The second kappa shape index (κ2) is 7.35. The van der Waals surface area contributed by atoms with E-state index in [9.17, 15) is 18.4 Å². The van der Waals surface area contributed by atoms with Crippen LogP contribution >= 0.6 is 0 Å². The SMILES string of the molecule is CCC(=O)Nc1ccc(NC(=O)Nc2ccc(F)cc2F)cc1. The van der Waals surface area contributed by atoms with Gasteiger partial charge in [0.05, 0.1) is 5.69 Å². The fourth-order valence-electron chi connectivity index (χ4n) is 1.76. The first-order valence-electron chi connectivity index (χ1n) is 6.91. The lowest BCUT2D eigenvalue weighted by Gasteiger charge is -2.09. The van der Waals surface area contributed by atoms with E-state index in [0.717, 1.165) is 12.1 Å². The molecular weight excluding hydrogens is 304 g/mol. The average molecular weight is 319 g/mol. The minimum atomic E-state index is -0.863. The number of carbonyl (C=O) groups excluding carboxylic acids is 2. The van der Waals surface area contributed by atoms with Crippen molar-refractivity contribution in [1.82, 2.24) is 0 Å². The van der Waals surface area contributed by atoms with E-state index in [4.69, 9.17) is 0 Å². The average Bonchev–Trinajstić information content (AvgIpc) is 2.52. The van der Waals surface area contributed by atoms with Crippen molar-refractivity contribution in [2.24, 2.45) is 0 Å². The van der Waals surface area contributed by atoms with E-state index in [2.05, 4.69) is 16.0 Å². The molecule has 0 spiro atoms. The quantitative estimate of drug-likeness (QED) is 0.798. The second-order valence-corrected chi connectivity index (χ2v) is 4.68. The number of nitrogens with one attached hydrogen (secondary N) is 3. The molecule has 2 aromatic rings. The molecule has 0 aliphatic carbocycles. The lowest BCUT2D eigenvalue weighted by molar-refractivity contribution is -0.115. The number of halogens is 2. The maximum Gasteiger partial charge on any atom is 0.323 e. The molecule has 7 heteroatoms. The summed E-state index contributed by atoms with van der Waals surface area (Å²) >= 11 is 0. The van der Waals surface area contributed by atoms with Crippen LogP contribution in [0.5, 0.6) is 0 Å². The Morgan fingerprint density at radius 2 is 1.52 bits per heavy atom. The third kappa shape index (κ3) is 4.77. The van der Waals surface area contributed by atoms with E-state index in [-0.39, 0.29) is 11.6 Å². The minimum absolute atomic E-state index is 0.116. The van der Waals surface area contributed by atoms with Gasteiger partial charge >= 0.3 is 6.03 Å². The summed E-state index contributed by atoms with van der Waals surface area (Å²) in [5.74, 6) is -1.70. The number of anilines is 3. The molecule has 5 nitrogen and oxygen atoms in total. The second-order valence-electron chi connectivity index (χ2n) is 4.68. The topological polar surface area (TPSA) is 70.2 Å². The lowest BCUT2D eigenvalue weighted by atomic mass is 10.2. The van der Waals surface area contributed by atoms with Crippen molar-refractivity contribution in [3.8, 4) is 0 Å². The number of carbonyl (C=O) groups is 2. The maximum absolute atomic E-state index is 13.4. The van der Waals surface area contributed by atoms with Gasteiger partial charge in [-0.05, 0) is 36.4 Å². The van der Waals surface area contributed by atoms with Crippen molar-refractivity contribution in [2.75, 3.05) is 16.0 Å². The van der Waals surface area contributed by atoms with E-state index < -0.39 is 17.7 Å². The number of hydrogen-bond donors (Lipinski definition) is 3. The van der Waals surface area contributed by atoms with Crippen molar-refractivity contribution >= 4 is 29.0 Å². The smallest absolute Gasteiger partial charge is 0.323 e. The number of benzene rings is 2. The Kier molecular flexibility index (Phi) is 5.24. The molecule has 3 N–H and O–H groups in total. The van der Waals surface area contributed by atoms with Gasteiger partial charge in [0.1, 0.15) is 11.6 Å². The molecule has 0 unspecified atom stereocenters. The van der Waals surface area contributed by atoms with Crippen LogP contribution in [0.4, 0.5) is 30.6 Å². The van der Waals surface area contributed by atoms with Crippen molar-refractivity contribution in [3.05, 3.63) is 54.1 Å². The van der Waals surface area contributed by atoms with Crippen molar-refractivity contribution in [2.45, 2.75) is 13.3 Å². The first-order chi connectivity index (χ1) is 11.0. The first-order valence-corrected chi connectivity index (χ1v) is 6.91. The van der Waals surface area contributed by atoms with Crippen LogP contribution in [0.25, 0.3) is 0 Å². The van der Waals surface area contributed by atoms with Crippen LogP contribution in [0.15, 0.2) is 42.5 Å². The largest absolute Gasteiger partial charge is 0.326 e. The summed E-state index contributed by atoms with van der Waals surface area (Å²) in [6.07, 6.45) is 0.367. The summed E-state index contributed by atoms with van der Waals surface area (Å²) in [5.41, 5.74) is 0.933. The lowest BCUT2D eigenvalue weighted by Crippen LogP contribution is -2.20. The molecule has 3 amide bonds. The highest BCUT2D eigenvalue weighted by molar-refractivity contribution is 6.00. The Morgan fingerprint density at radius 3 is 2.09 bits per heavy atom. The molecule has 0 saturated carbocycles. The predicted molar refractivity (Wildman–Crippen MR) is 84.4 cm³/mol. The van der Waals surface area contributed by atoms with E-state index in [1.807, 2.05) is 0 Å². The van der Waals surface area contributed by atoms with Gasteiger partial charge in [-0.3, -0.25) is 4.79 Å². The molecule has 120 valence electrons. The van der Waals surface area contributed by atoms with E-state index in [0.29, 0.717) is 23.9 Å². The van der Waals surface area contributed by atoms with Crippen LogP contribution in [0.1, 0.15) is 13.3 Å². The van der Waals surface area contributed by atoms with Crippen LogP contribution < -0.4 is 16.0 Å². The predicted octanol–water partition coefficient (Wildman–Crippen LogP) is 3.96. The maximum atomic E-state index is 13.4. The molecule has 0 saturated heterocycles. The van der Waals surface area contributed by atoms with Gasteiger partial charge in [-0.1, -0.05) is 6.92 Å². The van der Waals surface area contributed by atoms with Crippen LogP contribution in [-0.4, -0.2) is 11.9 Å². The van der Waals surface area contributed by atoms with Gasteiger partial charge in [0.15, 0.2) is 0 Å². The highest BCUT2D eigenvalue weighted by Gasteiger charge is 2.08. The van der Waals surface area contributed by atoms with Crippen LogP contribution in [0.3, 0.4) is 0 Å². The van der Waals surface area contributed by atoms with Crippen molar-refractivity contribution < 1.29 is 18.4 Å². The Bertz CT molecular complexity index is 718. The summed E-state index contributed by atoms with van der Waals surface area (Å²) in [5, 5.41) is 7.46. The zero-order valence-electron chi connectivity index (χ0n) is 12.3. The first kappa shape index (κ1) is 16.4. The third-order valence-electron chi connectivity index (χ3n) is 2.93. The Labute approximate surface area is 131 Å². The van der Waals surface area contributed by atoms with Gasteiger partial charge in [-0.2, -0.15) is 0 Å². The fraction of sp³-hybridized carbons (Fsp3) is 0.125. The zero-order valence-corrected chi connectivity index (χ0v) is 12.3. The van der Waals surface area contributed by atoms with Crippen molar-refractivity contribution in [3.63, 3.8) is 0 Å². The van der Waals surface area contributed by atoms with Gasteiger partial charge in [0.2, 0.25) is 5.91 Å². The molecule has 2 aromatic carbocycles. The molecule has 0 bridgehead atoms. The Morgan fingerprint density at radius 1 is 0.913 bits per heavy atom. The normalized spacial score (nSPS) is 10.0. The van der Waals surface area contributed by atoms with Gasteiger partial charge in [-0.15, -0.1) is 0 Å². The zero-order chi connectivity index (χ0) is 16.8. The number of amides is 3. The highest BCUT2D eigenvalue weighted by atomic mass is 19.1. The highest BCUT2D eigenvalue weighted by Crippen LogP contribution is 2.17. The third-order valence-corrected chi connectivity index (χ3v) is 2.93. The standard InChI is InChI=1S/C16H15F2N3O2/c1-2-15(22)19-11-4-6-12(7-5-11)20-16(23)21-14-8-3-10(17)9-13(14)18/h3-9H,2H2,1H3,(H,19,22)(H2,20,21,23). The van der Waals surface area contributed by atoms with Crippen LogP contribution in [0, 0.1) is 11.6 Å². The Hall–Kier alpha value is -2.96. The van der Waals surface area contributed by atoms with E-state index in [1.54, 1.807) is 31.2 Å². The van der Waals surface area contributed by atoms with E-state index in [1.165, 1.54) is 0 Å². The van der Waals surface area contributed by atoms with Crippen LogP contribution in [0.2, 0.25) is 0 Å². The summed E-state index contributed by atoms with van der Waals surface area (Å²) < 4.78 is 26.2. The summed E-state index contributed by atoms with van der Waals surface area (Å²) in [7, 11) is 0. The Balaban J connectivity index is 1.96. The van der Waals surface area contributed by atoms with E-state index >= 15 is 0 Å². The monoisotopic (exact) mass is 319 g/mol. The minimum Gasteiger partial charge on any atom is -0.326 e. The number of urea groups is 1. The molecule has 2 rings (SSSR count). The molecule has 0 heterocycles. The summed E-state index contributed by atoms with van der Waals surface area (Å²) in [4.78, 5) is 23.0. The molecule has 0 aliphatic heterocycles. The molecule has 0 atom stereocenters. The molecule has 0 fully saturated rings. The van der Waals surface area contributed by atoms with Gasteiger partial charge in [-0.25, -0.2) is 13.6 Å². The molecule has 23 heavy (non-hydrogen) atoms. The van der Waals surface area contributed by atoms with Crippen molar-refractivity contribution in [1.29, 1.82) is 0 Å². The fourth-order valence-corrected chi connectivity index (χ4v) is 1.76. The van der Waals surface area contributed by atoms with Gasteiger partial charge in [0.25, 0.3) is 0 Å². The number of rotatable bonds is 4. The molecular formula is C16H15F2N3O2. The van der Waals surface area contributed by atoms with Gasteiger partial charge < -0.3 is 16.0 Å². The summed E-state index contributed by atoms with van der Waals surface area (Å²) in [6, 6.07) is 8.63. The number of hydrogen-bond acceptors (Lipinski definition) is 2. The van der Waals surface area contributed by atoms with Crippen LogP contribution in [-0.2, 0) is 4.79 Å². The molecule has 0 radical (unpaired) electrons. The summed E-state index contributed by atoms with van der Waals surface area (Å²) in [6.45, 7) is 1.74.